The Kier molecular flexibility index (Phi) is 2.51. The van der Waals surface area contributed by atoms with Gasteiger partial charge in [0.25, 0.3) is 0 Å². The third-order valence-corrected chi connectivity index (χ3v) is 3.43. The number of halogens is 1. The number of hydrogen-bond acceptors (Lipinski definition) is 2. The third-order valence-electron chi connectivity index (χ3n) is 2.04. The van der Waals surface area contributed by atoms with E-state index in [1.165, 1.54) is 0 Å². The van der Waals surface area contributed by atoms with E-state index in [1.54, 1.807) is 0 Å². The first-order valence-electron chi connectivity index (χ1n) is 4.10. The molecule has 1 aliphatic rings. The van der Waals surface area contributed by atoms with Gasteiger partial charge in [-0.3, -0.25) is 0 Å². The van der Waals surface area contributed by atoms with Gasteiger partial charge in [0.1, 0.15) is 0 Å². The normalized spacial score (nSPS) is 20.8. The van der Waals surface area contributed by atoms with Crippen LogP contribution in [-0.2, 0) is 0 Å². The molecule has 1 atom stereocenters. The van der Waals surface area contributed by atoms with Crippen LogP contribution < -0.4 is 5.73 Å². The van der Waals surface area contributed by atoms with E-state index in [0.717, 1.165) is 22.0 Å². The van der Waals surface area contributed by atoms with Gasteiger partial charge in [0.05, 0.1) is 5.25 Å². The van der Waals surface area contributed by atoms with Gasteiger partial charge in [-0.05, 0) is 23.8 Å². The maximum atomic E-state index is 5.91. The molecule has 1 aliphatic heterocycles. The van der Waals surface area contributed by atoms with Crippen LogP contribution >= 0.6 is 23.4 Å². The van der Waals surface area contributed by atoms with E-state index in [4.69, 9.17) is 17.3 Å². The summed E-state index contributed by atoms with van der Waals surface area (Å²) in [5.74, 6) is 1.07. The van der Waals surface area contributed by atoms with Crippen LogP contribution in [-0.4, -0.2) is 5.75 Å². The standard InChI is InChI=1S/C10H10ClNS/c11-7-3-4-9(12)8(6-7)10-2-1-5-13-10/h1-4,6,10H,5,12H2. The summed E-state index contributed by atoms with van der Waals surface area (Å²) < 4.78 is 0. The quantitative estimate of drug-likeness (QED) is 0.570. The molecule has 1 nitrogen and oxygen atoms in total. The highest BCUT2D eigenvalue weighted by molar-refractivity contribution is 8.00. The summed E-state index contributed by atoms with van der Waals surface area (Å²) >= 11 is 7.77. The summed E-state index contributed by atoms with van der Waals surface area (Å²) in [4.78, 5) is 0. The predicted octanol–water partition coefficient (Wildman–Crippen LogP) is 3.27. The first-order valence-corrected chi connectivity index (χ1v) is 5.53. The number of rotatable bonds is 1. The molecule has 1 heterocycles. The van der Waals surface area contributed by atoms with Crippen LogP contribution in [0.1, 0.15) is 10.8 Å². The van der Waals surface area contributed by atoms with Crippen molar-refractivity contribution in [3.8, 4) is 0 Å². The Labute approximate surface area is 87.0 Å². The first kappa shape index (κ1) is 8.97. The Morgan fingerprint density at radius 1 is 1.46 bits per heavy atom. The minimum Gasteiger partial charge on any atom is -0.398 e. The average molecular weight is 212 g/mol. The van der Waals surface area contributed by atoms with Gasteiger partial charge >= 0.3 is 0 Å². The van der Waals surface area contributed by atoms with E-state index in [1.807, 2.05) is 30.0 Å². The monoisotopic (exact) mass is 211 g/mol. The lowest BCUT2D eigenvalue weighted by Crippen LogP contribution is -1.95. The van der Waals surface area contributed by atoms with Crippen LogP contribution in [0, 0.1) is 0 Å². The molecule has 3 heteroatoms. The van der Waals surface area contributed by atoms with Gasteiger partial charge in [-0.2, -0.15) is 0 Å². The van der Waals surface area contributed by atoms with E-state index in [-0.39, 0.29) is 0 Å². The molecule has 0 saturated carbocycles. The molecule has 0 amide bonds. The Morgan fingerprint density at radius 2 is 2.31 bits per heavy atom. The fourth-order valence-corrected chi connectivity index (χ4v) is 2.60. The summed E-state index contributed by atoms with van der Waals surface area (Å²) in [6.07, 6.45) is 4.34. The molecule has 2 N–H and O–H groups in total. The van der Waals surface area contributed by atoms with Gasteiger partial charge in [-0.15, -0.1) is 11.8 Å². The van der Waals surface area contributed by atoms with Crippen molar-refractivity contribution in [3.63, 3.8) is 0 Å². The molecule has 1 aromatic rings. The van der Waals surface area contributed by atoms with Gasteiger partial charge in [0.2, 0.25) is 0 Å². The lowest BCUT2D eigenvalue weighted by atomic mass is 10.1. The second-order valence-electron chi connectivity index (χ2n) is 2.96. The van der Waals surface area contributed by atoms with Crippen molar-refractivity contribution in [1.82, 2.24) is 0 Å². The summed E-state index contributed by atoms with van der Waals surface area (Å²) in [6, 6.07) is 5.64. The second kappa shape index (κ2) is 3.64. The molecule has 0 aliphatic carbocycles. The Hall–Kier alpha value is -0.600. The van der Waals surface area contributed by atoms with Crippen molar-refractivity contribution in [2.24, 2.45) is 0 Å². The highest BCUT2D eigenvalue weighted by Gasteiger charge is 2.14. The fourth-order valence-electron chi connectivity index (χ4n) is 1.38. The van der Waals surface area contributed by atoms with E-state index < -0.39 is 0 Å². The van der Waals surface area contributed by atoms with E-state index in [9.17, 15) is 0 Å². The minimum absolute atomic E-state index is 0.388. The molecule has 13 heavy (non-hydrogen) atoms. The zero-order chi connectivity index (χ0) is 9.26. The van der Waals surface area contributed by atoms with Crippen LogP contribution in [0.5, 0.6) is 0 Å². The Morgan fingerprint density at radius 3 is 3.00 bits per heavy atom. The number of nitrogens with two attached hydrogens (primary N) is 1. The molecule has 1 aromatic carbocycles. The summed E-state index contributed by atoms with van der Waals surface area (Å²) in [5.41, 5.74) is 7.82. The average Bonchev–Trinajstić information content (AvgIpc) is 2.61. The molecule has 0 spiro atoms. The van der Waals surface area contributed by atoms with Gasteiger partial charge < -0.3 is 5.73 Å². The molecular weight excluding hydrogens is 202 g/mol. The maximum Gasteiger partial charge on any atom is 0.0501 e. The predicted molar refractivity (Wildman–Crippen MR) is 60.2 cm³/mol. The van der Waals surface area contributed by atoms with Gasteiger partial charge in [0.15, 0.2) is 0 Å². The lowest BCUT2D eigenvalue weighted by molar-refractivity contribution is 1.25. The van der Waals surface area contributed by atoms with Crippen molar-refractivity contribution >= 4 is 29.1 Å². The van der Waals surface area contributed by atoms with Gasteiger partial charge in [0, 0.05) is 16.5 Å². The molecule has 0 radical (unpaired) electrons. The van der Waals surface area contributed by atoms with Crippen LogP contribution in [0.25, 0.3) is 0 Å². The fraction of sp³-hybridized carbons (Fsp3) is 0.200. The Bertz CT molecular complexity index is 349. The summed E-state index contributed by atoms with van der Waals surface area (Å²) in [6.45, 7) is 0. The zero-order valence-electron chi connectivity index (χ0n) is 7.03. The Balaban J connectivity index is 2.37. The SMILES string of the molecule is Nc1ccc(Cl)cc1C1C=CCS1. The van der Waals surface area contributed by atoms with E-state index in [2.05, 4.69) is 12.2 Å². The maximum absolute atomic E-state index is 5.91. The number of anilines is 1. The third kappa shape index (κ3) is 1.84. The van der Waals surface area contributed by atoms with Crippen molar-refractivity contribution in [1.29, 1.82) is 0 Å². The van der Waals surface area contributed by atoms with Crippen LogP contribution in [0.3, 0.4) is 0 Å². The van der Waals surface area contributed by atoms with Gasteiger partial charge in [-0.25, -0.2) is 0 Å². The number of thioether (sulfide) groups is 1. The van der Waals surface area contributed by atoms with Crippen LogP contribution in [0.2, 0.25) is 5.02 Å². The summed E-state index contributed by atoms with van der Waals surface area (Å²) in [5, 5.41) is 1.14. The molecule has 0 fully saturated rings. The smallest absolute Gasteiger partial charge is 0.0501 e. The topological polar surface area (TPSA) is 26.0 Å². The number of benzene rings is 1. The highest BCUT2D eigenvalue weighted by atomic mass is 35.5. The van der Waals surface area contributed by atoms with Crippen molar-refractivity contribution in [2.75, 3.05) is 11.5 Å². The zero-order valence-corrected chi connectivity index (χ0v) is 8.61. The van der Waals surface area contributed by atoms with Crippen LogP contribution in [0.15, 0.2) is 30.4 Å². The second-order valence-corrected chi connectivity index (χ2v) is 4.57. The van der Waals surface area contributed by atoms with E-state index in [0.29, 0.717) is 5.25 Å². The minimum atomic E-state index is 0.388. The van der Waals surface area contributed by atoms with Crippen molar-refractivity contribution in [2.45, 2.75) is 5.25 Å². The lowest BCUT2D eigenvalue weighted by Gasteiger charge is -2.10. The number of nitrogen functional groups attached to an aromatic ring is 1. The molecule has 0 bridgehead atoms. The molecule has 68 valence electrons. The highest BCUT2D eigenvalue weighted by Crippen LogP contribution is 2.38. The van der Waals surface area contributed by atoms with Gasteiger partial charge in [-0.1, -0.05) is 23.8 Å². The van der Waals surface area contributed by atoms with Crippen molar-refractivity contribution < 1.29 is 0 Å². The molecule has 2 rings (SSSR count). The van der Waals surface area contributed by atoms with E-state index >= 15 is 0 Å². The largest absolute Gasteiger partial charge is 0.398 e. The van der Waals surface area contributed by atoms with Crippen molar-refractivity contribution in [3.05, 3.63) is 40.9 Å². The molecular formula is C10H10ClNS. The molecule has 1 unspecified atom stereocenters. The molecule has 0 saturated heterocycles. The summed E-state index contributed by atoms with van der Waals surface area (Å²) in [7, 11) is 0. The van der Waals surface area contributed by atoms with Crippen LogP contribution in [0.4, 0.5) is 5.69 Å². The first-order chi connectivity index (χ1) is 6.27. The molecule has 0 aromatic heterocycles. The number of hydrogen-bond donors (Lipinski definition) is 1.